The molecular weight excluding hydrogens is 356 g/mol. The maximum atomic E-state index is 10.3. The number of carbonyl (C=O) groups excluding carboxylic acids is 1. The van der Waals surface area contributed by atoms with Crippen molar-refractivity contribution in [1.29, 1.82) is 0 Å². The summed E-state index contributed by atoms with van der Waals surface area (Å²) >= 11 is 3.97. The van der Waals surface area contributed by atoms with E-state index >= 15 is 0 Å². The van der Waals surface area contributed by atoms with Crippen molar-refractivity contribution in [3.8, 4) is 0 Å². The fourth-order valence-corrected chi connectivity index (χ4v) is 3.95. The van der Waals surface area contributed by atoms with Gasteiger partial charge in [0.05, 0.1) is 0 Å². The van der Waals surface area contributed by atoms with Gasteiger partial charge >= 0.3 is 84.7 Å². The number of hydrogen-bond acceptors (Lipinski definition) is 3. The molecule has 0 aliphatic heterocycles. The number of carbonyl (C=O) groups is 1. The Hall–Kier alpha value is 0.655. The fourth-order valence-electron chi connectivity index (χ4n) is 0.577. The molecule has 0 spiro atoms. The van der Waals surface area contributed by atoms with Crippen LogP contribution < -0.4 is 0 Å². The van der Waals surface area contributed by atoms with Gasteiger partial charge in [0.25, 0.3) is 0 Å². The van der Waals surface area contributed by atoms with Crippen LogP contribution in [0.4, 0.5) is 0 Å². The third kappa shape index (κ3) is 10.7. The van der Waals surface area contributed by atoms with Gasteiger partial charge in [-0.05, 0) is 0 Å². The summed E-state index contributed by atoms with van der Waals surface area (Å²) in [7, 11) is 0. The second kappa shape index (κ2) is 8.75. The first-order valence-electron chi connectivity index (χ1n) is 3.54. The number of halogens is 1. The van der Waals surface area contributed by atoms with Gasteiger partial charge in [0.15, 0.2) is 0 Å². The van der Waals surface area contributed by atoms with Gasteiger partial charge in [0.2, 0.25) is 0 Å². The summed E-state index contributed by atoms with van der Waals surface area (Å²) in [6.45, 7) is 2.14. The van der Waals surface area contributed by atoms with Gasteiger partial charge in [-0.2, -0.15) is 0 Å². The molecule has 0 unspecified atom stereocenters. The first-order valence-corrected chi connectivity index (χ1v) is 10.2. The molecule has 0 saturated carbocycles. The van der Waals surface area contributed by atoms with Crippen LogP contribution >= 0.6 is 11.6 Å². The van der Waals surface area contributed by atoms with E-state index in [1.807, 2.05) is 0 Å². The standard InChI is InChI=1S/C4H8ClO.C2H4O2.Hg/c1-2-3-6-4-5;1-2(3)4;/h1-4H2;1H3,(H,3,4);/q;;+1/p-1. The Morgan fingerprint density at radius 3 is 2.91 bits per heavy atom. The van der Waals surface area contributed by atoms with Crippen LogP contribution in [0.5, 0.6) is 0 Å². The molecule has 62 valence electrons. The molecule has 11 heavy (non-hydrogen) atoms. The molecule has 0 aliphatic rings. The molecule has 0 aromatic rings. The summed E-state index contributed by atoms with van der Waals surface area (Å²) in [6.07, 6.45) is 0.974. The van der Waals surface area contributed by atoms with Gasteiger partial charge < -0.3 is 0 Å². The summed E-state index contributed by atoms with van der Waals surface area (Å²) < 4.78 is 10.9. The van der Waals surface area contributed by atoms with E-state index in [0.717, 1.165) is 10.4 Å². The Morgan fingerprint density at radius 1 is 1.64 bits per heavy atom. The van der Waals surface area contributed by atoms with E-state index in [9.17, 15) is 4.79 Å². The average Bonchev–Trinajstić information content (AvgIpc) is 1.96. The van der Waals surface area contributed by atoms with Crippen molar-refractivity contribution < 1.29 is 37.2 Å². The summed E-state index contributed by atoms with van der Waals surface area (Å²) in [5.74, 6) is -0.134. The predicted octanol–water partition coefficient (Wildman–Crippen LogP) is 1.57. The van der Waals surface area contributed by atoms with E-state index in [0.29, 0.717) is 6.61 Å². The normalized spacial score (nSPS) is 8.91. The van der Waals surface area contributed by atoms with E-state index < -0.39 is 25.0 Å². The predicted molar refractivity (Wildman–Crippen MR) is 37.9 cm³/mol. The van der Waals surface area contributed by atoms with Gasteiger partial charge in [0.1, 0.15) is 0 Å². The Labute approximate surface area is 84.5 Å². The molecule has 0 saturated heterocycles. The summed E-state index contributed by atoms with van der Waals surface area (Å²) in [6, 6.07) is 0.254. The maximum absolute atomic E-state index is 10.3. The molecule has 0 heterocycles. The van der Waals surface area contributed by atoms with Crippen molar-refractivity contribution >= 4 is 17.6 Å². The van der Waals surface area contributed by atoms with Crippen molar-refractivity contribution in [3.05, 3.63) is 0 Å². The molecule has 0 rings (SSSR count). The number of ether oxygens (including phenoxy) is 1. The summed E-state index contributed by atoms with van der Waals surface area (Å²) in [5.41, 5.74) is 0. The summed E-state index contributed by atoms with van der Waals surface area (Å²) in [4.78, 5) is 10.3. The molecule has 3 nitrogen and oxygen atoms in total. The second-order valence-electron chi connectivity index (χ2n) is 2.06. The first kappa shape index (κ1) is 11.7. The van der Waals surface area contributed by atoms with E-state index in [1.165, 1.54) is 6.92 Å². The van der Waals surface area contributed by atoms with Crippen molar-refractivity contribution in [3.63, 3.8) is 0 Å². The average molecular weight is 367 g/mol. The van der Waals surface area contributed by atoms with Crippen LogP contribution in [-0.2, 0) is 37.2 Å². The van der Waals surface area contributed by atoms with Crippen LogP contribution in [0, 0.1) is 0 Å². The Balaban J connectivity index is 2.85. The van der Waals surface area contributed by atoms with E-state index in [2.05, 4.69) is 0 Å². The van der Waals surface area contributed by atoms with Crippen LogP contribution in [-0.4, -0.2) is 18.6 Å². The van der Waals surface area contributed by atoms with Crippen LogP contribution in [0.25, 0.3) is 0 Å². The Bertz CT molecular complexity index is 110. The fraction of sp³-hybridized carbons (Fsp3) is 0.833. The Morgan fingerprint density at radius 2 is 2.36 bits per heavy atom. The topological polar surface area (TPSA) is 35.5 Å². The van der Waals surface area contributed by atoms with Gasteiger partial charge in [-0.15, -0.1) is 0 Å². The molecule has 0 aromatic heterocycles. The molecule has 0 aromatic carbocycles. The Kier molecular flexibility index (Phi) is 9.27. The van der Waals surface area contributed by atoms with Crippen molar-refractivity contribution in [2.75, 3.05) is 12.7 Å². The molecule has 0 radical (unpaired) electrons. The van der Waals surface area contributed by atoms with Crippen molar-refractivity contribution in [1.82, 2.24) is 0 Å². The minimum absolute atomic E-state index is 0.134. The quantitative estimate of drug-likeness (QED) is 0.406. The summed E-state index contributed by atoms with van der Waals surface area (Å²) in [5, 5.41) is 0. The van der Waals surface area contributed by atoms with Crippen LogP contribution in [0.3, 0.4) is 0 Å². The minimum atomic E-state index is -1.30. The van der Waals surface area contributed by atoms with Gasteiger partial charge in [-0.3, -0.25) is 0 Å². The third-order valence-corrected chi connectivity index (χ3v) is 6.66. The van der Waals surface area contributed by atoms with Crippen molar-refractivity contribution in [2.45, 2.75) is 17.3 Å². The number of rotatable bonds is 6. The van der Waals surface area contributed by atoms with Crippen molar-refractivity contribution in [2.24, 2.45) is 0 Å². The van der Waals surface area contributed by atoms with Gasteiger partial charge in [0, 0.05) is 0 Å². The number of alkyl halides is 1. The molecule has 0 atom stereocenters. The van der Waals surface area contributed by atoms with Crippen LogP contribution in [0.15, 0.2) is 0 Å². The third-order valence-electron chi connectivity index (χ3n) is 1.07. The molecule has 0 amide bonds. The molecular formula is C6H11ClHgO3. The van der Waals surface area contributed by atoms with Crippen LogP contribution in [0.1, 0.15) is 13.3 Å². The number of hydrogen-bond donors (Lipinski definition) is 0. The zero-order valence-electron chi connectivity index (χ0n) is 6.64. The molecule has 0 fully saturated rings. The van der Waals surface area contributed by atoms with E-state index in [1.54, 1.807) is 0 Å². The zero-order valence-corrected chi connectivity index (χ0v) is 12.9. The van der Waals surface area contributed by atoms with E-state index in [4.69, 9.17) is 19.0 Å². The molecule has 0 bridgehead atoms. The molecule has 0 aliphatic carbocycles. The van der Waals surface area contributed by atoms with Crippen LogP contribution in [0.2, 0.25) is 3.93 Å². The van der Waals surface area contributed by atoms with Gasteiger partial charge in [-0.25, -0.2) is 0 Å². The molecule has 0 N–H and O–H groups in total. The monoisotopic (exact) mass is 368 g/mol. The van der Waals surface area contributed by atoms with E-state index in [-0.39, 0.29) is 12.0 Å². The SMILES string of the molecule is CC(=O)[O][Hg][CH2]CCOCCl. The second-order valence-corrected chi connectivity index (χ2v) is 7.74. The molecule has 5 heteroatoms. The van der Waals surface area contributed by atoms with Gasteiger partial charge in [-0.1, -0.05) is 0 Å². The zero-order chi connectivity index (χ0) is 8.53. The first-order chi connectivity index (χ1) is 5.27.